The second kappa shape index (κ2) is 13.2. The predicted octanol–water partition coefficient (Wildman–Crippen LogP) is 8.62. The van der Waals surface area contributed by atoms with E-state index in [1.165, 1.54) is 37.3 Å². The van der Waals surface area contributed by atoms with Crippen molar-refractivity contribution >= 4 is 40.9 Å². The van der Waals surface area contributed by atoms with Crippen LogP contribution in [0, 0.1) is 34.5 Å². The third-order valence-corrected chi connectivity index (χ3v) is 9.26. The first-order valence-corrected chi connectivity index (χ1v) is 15.7. The number of rotatable bonds is 10. The first-order valence-electron chi connectivity index (χ1n) is 13.2. The molecule has 4 aromatic rings. The number of halogens is 6. The molecular formula is C30H26F6NO6PS. The van der Waals surface area contributed by atoms with Crippen LogP contribution in [0.5, 0.6) is 11.5 Å². The third kappa shape index (κ3) is 7.69. The molecule has 45 heavy (non-hydrogen) atoms. The van der Waals surface area contributed by atoms with Crippen LogP contribution in [-0.4, -0.2) is 24.6 Å². The summed E-state index contributed by atoms with van der Waals surface area (Å²) in [5.74, 6) is -18.0. The fourth-order valence-electron chi connectivity index (χ4n) is 3.84. The summed E-state index contributed by atoms with van der Waals surface area (Å²) >= 11 is 0.720. The van der Waals surface area contributed by atoms with E-state index in [2.05, 4.69) is 9.82 Å². The molecule has 1 heterocycles. The highest BCUT2D eigenvalue weighted by molar-refractivity contribution is 7.57. The van der Waals surface area contributed by atoms with E-state index in [-0.39, 0.29) is 33.6 Å². The predicted molar refractivity (Wildman–Crippen MR) is 155 cm³/mol. The van der Waals surface area contributed by atoms with Crippen LogP contribution in [0.3, 0.4) is 0 Å². The maximum atomic E-state index is 16.2. The number of benzene rings is 3. The summed E-state index contributed by atoms with van der Waals surface area (Å²) < 4.78 is 114. The standard InChI is InChI=1S/C30H26F6NO6PS/c1-15(28(38)41-14-30(2,3)4)37-44(40,43-18-8-6-5-7-9-18)27(36)16-10-11-19-17(12-16)13-20(45-19)29(39)42-26-24(34)22(32)21(31)23(33)25(26)35/h5-13,15,27H,14H2,1-4H3,(H,37,40)/t15-,27-,44-/m0/s1. The molecule has 0 aliphatic carbocycles. The molecule has 0 amide bonds. The molecule has 1 N–H and O–H groups in total. The van der Waals surface area contributed by atoms with Crippen LogP contribution in [0.4, 0.5) is 26.3 Å². The second-order valence-corrected chi connectivity index (χ2v) is 14.2. The molecule has 1 aromatic heterocycles. The number of alkyl halides is 1. The van der Waals surface area contributed by atoms with E-state index in [0.717, 1.165) is 17.4 Å². The van der Waals surface area contributed by atoms with Crippen LogP contribution in [0.2, 0.25) is 0 Å². The van der Waals surface area contributed by atoms with Crippen molar-refractivity contribution in [2.75, 3.05) is 6.61 Å². The maximum Gasteiger partial charge on any atom is 0.355 e. The third-order valence-electron chi connectivity index (χ3n) is 6.04. The van der Waals surface area contributed by atoms with Crippen molar-refractivity contribution in [3.8, 4) is 11.5 Å². The van der Waals surface area contributed by atoms with E-state index in [1.807, 2.05) is 20.8 Å². The van der Waals surface area contributed by atoms with Crippen LogP contribution >= 0.6 is 18.9 Å². The SMILES string of the molecule is C[C@H](N[P@@](=O)(Oc1ccccc1)[C@H](F)c1ccc2sc(C(=O)Oc3c(F)c(F)c(F)c(F)c3F)cc2c1)C(=O)OCC(C)(C)C. The molecule has 0 saturated heterocycles. The van der Waals surface area contributed by atoms with Gasteiger partial charge in [0.15, 0.2) is 0 Å². The number of nitrogens with one attached hydrogen (secondary N) is 1. The molecule has 0 bridgehead atoms. The lowest BCUT2D eigenvalue weighted by atomic mass is 9.99. The second-order valence-electron chi connectivity index (χ2n) is 11.1. The summed E-state index contributed by atoms with van der Waals surface area (Å²) in [6.45, 7) is 6.89. The smallest absolute Gasteiger partial charge is 0.355 e. The van der Waals surface area contributed by atoms with E-state index >= 15 is 4.39 Å². The first kappa shape index (κ1) is 34.0. The Morgan fingerprint density at radius 2 is 1.51 bits per heavy atom. The Balaban J connectivity index is 1.62. The van der Waals surface area contributed by atoms with Gasteiger partial charge in [-0.3, -0.25) is 9.36 Å². The maximum absolute atomic E-state index is 16.2. The number of para-hydroxylation sites is 1. The normalized spacial score (nSPS) is 14.4. The quantitative estimate of drug-likeness (QED) is 0.0450. The number of carbonyl (C=O) groups is 2. The lowest BCUT2D eigenvalue weighted by Crippen LogP contribution is -2.36. The Labute approximate surface area is 257 Å². The van der Waals surface area contributed by atoms with Gasteiger partial charge in [-0.25, -0.2) is 27.4 Å². The number of carbonyl (C=O) groups excluding carboxylic acids is 2. The Kier molecular flexibility index (Phi) is 10.0. The fraction of sp³-hybridized carbons (Fsp3) is 0.267. The van der Waals surface area contributed by atoms with Crippen molar-refractivity contribution in [2.45, 2.75) is 39.6 Å². The minimum absolute atomic E-state index is 0.0426. The summed E-state index contributed by atoms with van der Waals surface area (Å²) in [4.78, 5) is 24.9. The zero-order valence-corrected chi connectivity index (χ0v) is 25.8. The molecule has 240 valence electrons. The summed E-state index contributed by atoms with van der Waals surface area (Å²) in [5.41, 5.74) is -0.556. The molecule has 3 aromatic carbocycles. The van der Waals surface area contributed by atoms with Crippen molar-refractivity contribution in [3.63, 3.8) is 0 Å². The summed E-state index contributed by atoms with van der Waals surface area (Å²) in [6.07, 6.45) is 0. The fourth-order valence-corrected chi connectivity index (χ4v) is 6.66. The van der Waals surface area contributed by atoms with E-state index in [1.54, 1.807) is 18.2 Å². The van der Waals surface area contributed by atoms with Crippen molar-refractivity contribution in [3.05, 3.63) is 94.1 Å². The molecule has 4 rings (SSSR count). The van der Waals surface area contributed by atoms with Crippen LogP contribution < -0.4 is 14.3 Å². The molecule has 3 atom stereocenters. The number of fused-ring (bicyclic) bond motifs is 1. The lowest BCUT2D eigenvalue weighted by Gasteiger charge is -2.27. The lowest BCUT2D eigenvalue weighted by molar-refractivity contribution is -0.148. The highest BCUT2D eigenvalue weighted by Gasteiger charge is 2.41. The Bertz CT molecular complexity index is 1770. The summed E-state index contributed by atoms with van der Waals surface area (Å²) in [5, 5.41) is 2.64. The molecule has 0 aliphatic rings. The van der Waals surface area contributed by atoms with Gasteiger partial charge in [-0.05, 0) is 53.6 Å². The van der Waals surface area contributed by atoms with Gasteiger partial charge in [0, 0.05) is 4.70 Å². The van der Waals surface area contributed by atoms with Gasteiger partial charge in [0.25, 0.3) is 0 Å². The van der Waals surface area contributed by atoms with Gasteiger partial charge in [0.1, 0.15) is 16.7 Å². The van der Waals surface area contributed by atoms with E-state index < -0.39 is 66.2 Å². The molecule has 0 unspecified atom stereocenters. The minimum atomic E-state index is -4.58. The molecule has 0 fully saturated rings. The summed E-state index contributed by atoms with van der Waals surface area (Å²) in [7, 11) is -4.58. The molecule has 7 nitrogen and oxygen atoms in total. The molecule has 0 saturated carbocycles. The Morgan fingerprint density at radius 3 is 2.11 bits per heavy atom. The van der Waals surface area contributed by atoms with Gasteiger partial charge in [0.2, 0.25) is 40.7 Å². The highest BCUT2D eigenvalue weighted by Crippen LogP contribution is 2.58. The van der Waals surface area contributed by atoms with E-state index in [9.17, 15) is 36.1 Å². The van der Waals surface area contributed by atoms with Gasteiger partial charge >= 0.3 is 19.5 Å². The number of thiophene rings is 1. The van der Waals surface area contributed by atoms with Crippen molar-refractivity contribution < 1.29 is 54.5 Å². The highest BCUT2D eigenvalue weighted by atomic mass is 32.1. The van der Waals surface area contributed by atoms with Gasteiger partial charge < -0.3 is 14.0 Å². The number of hydrogen-bond acceptors (Lipinski definition) is 7. The van der Waals surface area contributed by atoms with Gasteiger partial charge in [-0.2, -0.15) is 8.78 Å². The monoisotopic (exact) mass is 673 g/mol. The molecule has 15 heteroatoms. The largest absolute Gasteiger partial charge is 0.464 e. The first-order chi connectivity index (χ1) is 21.0. The number of ether oxygens (including phenoxy) is 2. The minimum Gasteiger partial charge on any atom is -0.464 e. The van der Waals surface area contributed by atoms with Crippen LogP contribution in [0.25, 0.3) is 10.1 Å². The number of esters is 2. The van der Waals surface area contributed by atoms with Gasteiger partial charge in [-0.1, -0.05) is 45.0 Å². The van der Waals surface area contributed by atoms with Crippen LogP contribution in [0.1, 0.15) is 48.8 Å². The average Bonchev–Trinajstić information content (AvgIpc) is 3.43. The van der Waals surface area contributed by atoms with Crippen molar-refractivity contribution in [1.29, 1.82) is 0 Å². The molecule has 0 aliphatic heterocycles. The van der Waals surface area contributed by atoms with Crippen molar-refractivity contribution in [2.24, 2.45) is 5.41 Å². The molecular weight excluding hydrogens is 647 g/mol. The summed E-state index contributed by atoms with van der Waals surface area (Å²) in [6, 6.07) is 11.4. The topological polar surface area (TPSA) is 90.9 Å². The van der Waals surface area contributed by atoms with Gasteiger partial charge in [-0.15, -0.1) is 11.3 Å². The van der Waals surface area contributed by atoms with E-state index in [4.69, 9.17) is 9.26 Å². The van der Waals surface area contributed by atoms with Crippen LogP contribution in [-0.2, 0) is 14.1 Å². The zero-order chi connectivity index (χ0) is 33.3. The molecule has 0 radical (unpaired) electrons. The van der Waals surface area contributed by atoms with Gasteiger partial charge in [0.05, 0.1) is 6.61 Å². The number of hydrogen-bond donors (Lipinski definition) is 1. The Morgan fingerprint density at radius 1 is 0.911 bits per heavy atom. The zero-order valence-electron chi connectivity index (χ0n) is 24.1. The van der Waals surface area contributed by atoms with E-state index in [0.29, 0.717) is 4.70 Å². The molecule has 0 spiro atoms. The average molecular weight is 674 g/mol. The Hall–Kier alpha value is -3.87. The van der Waals surface area contributed by atoms with Crippen molar-refractivity contribution in [1.82, 2.24) is 5.09 Å². The van der Waals surface area contributed by atoms with Crippen LogP contribution in [0.15, 0.2) is 54.6 Å².